The fraction of sp³-hybridized carbons (Fsp3) is 0.0909. The summed E-state index contributed by atoms with van der Waals surface area (Å²) in [5.74, 6) is -0.314. The van der Waals surface area contributed by atoms with E-state index in [1.807, 2.05) is 30.3 Å². The maximum Gasteiger partial charge on any atom is 0.416 e. The van der Waals surface area contributed by atoms with Crippen LogP contribution in [0.5, 0.6) is 5.75 Å². The Morgan fingerprint density at radius 2 is 1.84 bits per heavy atom. The lowest BCUT2D eigenvalue weighted by molar-refractivity contribution is -0.137. The second kappa shape index (κ2) is 9.98. The topological polar surface area (TPSA) is 50.7 Å². The number of carbonyl (C=O) groups excluding carboxylic acids is 1. The molecular formula is C22H15BrClF3N2O2. The molecule has 0 spiro atoms. The SMILES string of the molecule is O=C(N/N=C\c1cc(Cl)c(OCc2ccccc2)c(Br)c1)c1cccc(C(F)(F)F)c1. The van der Waals surface area contributed by atoms with Crippen molar-refractivity contribution in [3.63, 3.8) is 0 Å². The van der Waals surface area contributed by atoms with Crippen molar-refractivity contribution in [1.82, 2.24) is 5.43 Å². The number of nitrogens with one attached hydrogen (secondary N) is 1. The molecule has 1 amide bonds. The molecule has 31 heavy (non-hydrogen) atoms. The van der Waals surface area contributed by atoms with Crippen LogP contribution in [0.1, 0.15) is 27.0 Å². The van der Waals surface area contributed by atoms with Crippen LogP contribution >= 0.6 is 27.5 Å². The predicted molar refractivity (Wildman–Crippen MR) is 116 cm³/mol. The maximum absolute atomic E-state index is 12.8. The first kappa shape index (κ1) is 22.8. The highest BCUT2D eigenvalue weighted by Gasteiger charge is 2.30. The van der Waals surface area contributed by atoms with Gasteiger partial charge in [0.2, 0.25) is 0 Å². The molecule has 0 aliphatic carbocycles. The largest absolute Gasteiger partial charge is 0.486 e. The lowest BCUT2D eigenvalue weighted by atomic mass is 10.1. The summed E-state index contributed by atoms with van der Waals surface area (Å²) in [6, 6.07) is 16.9. The van der Waals surface area contributed by atoms with E-state index in [-0.39, 0.29) is 5.56 Å². The van der Waals surface area contributed by atoms with Crippen LogP contribution in [0.2, 0.25) is 5.02 Å². The van der Waals surface area contributed by atoms with Gasteiger partial charge in [-0.1, -0.05) is 48.0 Å². The second-order valence-corrected chi connectivity index (χ2v) is 7.63. The summed E-state index contributed by atoms with van der Waals surface area (Å²) in [4.78, 5) is 12.1. The quantitative estimate of drug-likeness (QED) is 0.305. The summed E-state index contributed by atoms with van der Waals surface area (Å²) in [6.45, 7) is 0.333. The van der Waals surface area contributed by atoms with Crippen molar-refractivity contribution in [3.05, 3.63) is 98.5 Å². The smallest absolute Gasteiger partial charge is 0.416 e. The average molecular weight is 512 g/mol. The van der Waals surface area contributed by atoms with E-state index >= 15 is 0 Å². The van der Waals surface area contributed by atoms with Gasteiger partial charge in [-0.2, -0.15) is 18.3 Å². The number of carbonyl (C=O) groups is 1. The molecule has 0 fully saturated rings. The number of halogens is 5. The summed E-state index contributed by atoms with van der Waals surface area (Å²) < 4.78 is 44.7. The summed E-state index contributed by atoms with van der Waals surface area (Å²) in [5, 5.41) is 4.12. The Bertz CT molecular complexity index is 1080. The highest BCUT2D eigenvalue weighted by Crippen LogP contribution is 2.34. The fourth-order valence-electron chi connectivity index (χ4n) is 2.59. The van der Waals surface area contributed by atoms with Gasteiger partial charge in [0.25, 0.3) is 5.91 Å². The van der Waals surface area contributed by atoms with E-state index in [2.05, 4.69) is 26.5 Å². The Hall–Kier alpha value is -2.84. The van der Waals surface area contributed by atoms with Crippen molar-refractivity contribution in [2.75, 3.05) is 0 Å². The summed E-state index contributed by atoms with van der Waals surface area (Å²) >= 11 is 9.68. The molecule has 3 rings (SSSR count). The Morgan fingerprint density at radius 3 is 2.52 bits per heavy atom. The van der Waals surface area contributed by atoms with Gasteiger partial charge in [-0.25, -0.2) is 5.43 Å². The number of ether oxygens (including phenoxy) is 1. The number of nitrogens with zero attached hydrogens (tertiary/aromatic N) is 1. The Morgan fingerprint density at radius 1 is 1.10 bits per heavy atom. The molecule has 3 aromatic carbocycles. The monoisotopic (exact) mass is 510 g/mol. The summed E-state index contributed by atoms with van der Waals surface area (Å²) in [7, 11) is 0. The maximum atomic E-state index is 12.8. The van der Waals surface area contributed by atoms with Gasteiger partial charge in [0.1, 0.15) is 6.61 Å². The van der Waals surface area contributed by atoms with Crippen LogP contribution in [0, 0.1) is 0 Å². The van der Waals surface area contributed by atoms with Crippen LogP contribution in [0.3, 0.4) is 0 Å². The number of rotatable bonds is 6. The lowest BCUT2D eigenvalue weighted by Gasteiger charge is -2.11. The molecule has 9 heteroatoms. The molecule has 0 unspecified atom stereocenters. The number of alkyl halides is 3. The van der Waals surface area contributed by atoms with Gasteiger partial charge in [0, 0.05) is 5.56 Å². The van der Waals surface area contributed by atoms with Crippen LogP contribution in [-0.2, 0) is 12.8 Å². The van der Waals surface area contributed by atoms with Crippen LogP contribution in [0.4, 0.5) is 13.2 Å². The molecule has 0 heterocycles. The van der Waals surface area contributed by atoms with Crippen molar-refractivity contribution in [2.24, 2.45) is 5.10 Å². The second-order valence-electron chi connectivity index (χ2n) is 6.37. The van der Waals surface area contributed by atoms with Crippen molar-refractivity contribution in [3.8, 4) is 5.75 Å². The summed E-state index contributed by atoms with van der Waals surface area (Å²) in [5.41, 5.74) is 2.66. The van der Waals surface area contributed by atoms with E-state index in [9.17, 15) is 18.0 Å². The molecule has 0 bridgehead atoms. The standard InChI is InChI=1S/C22H15BrClF3N2O2/c23-18-9-15(10-19(24)20(18)31-13-14-5-2-1-3-6-14)12-28-29-21(30)16-7-4-8-17(11-16)22(25,26)27/h1-12H,13H2,(H,29,30)/b28-12-. The molecule has 1 N–H and O–H groups in total. The van der Waals surface area contributed by atoms with Gasteiger partial charge in [-0.3, -0.25) is 4.79 Å². The average Bonchev–Trinajstić information content (AvgIpc) is 2.73. The van der Waals surface area contributed by atoms with Crippen LogP contribution in [-0.4, -0.2) is 12.1 Å². The van der Waals surface area contributed by atoms with Crippen LogP contribution in [0.15, 0.2) is 76.3 Å². The number of amides is 1. The Kier molecular flexibility index (Phi) is 7.35. The zero-order valence-corrected chi connectivity index (χ0v) is 18.1. The Balaban J connectivity index is 1.65. The zero-order valence-electron chi connectivity index (χ0n) is 15.8. The number of benzene rings is 3. The van der Waals surface area contributed by atoms with Gasteiger partial charge in [0.15, 0.2) is 5.75 Å². The third-order valence-corrected chi connectivity index (χ3v) is 4.95. The Labute approximate surface area is 189 Å². The number of hydrazone groups is 1. The van der Waals surface area contributed by atoms with E-state index in [4.69, 9.17) is 16.3 Å². The van der Waals surface area contributed by atoms with Crippen LogP contribution in [0.25, 0.3) is 0 Å². The minimum atomic E-state index is -4.53. The van der Waals surface area contributed by atoms with Crippen molar-refractivity contribution >= 4 is 39.7 Å². The molecule has 0 aromatic heterocycles. The van der Waals surface area contributed by atoms with Gasteiger partial charge in [0.05, 0.1) is 21.3 Å². The molecule has 0 aliphatic rings. The van der Waals surface area contributed by atoms with Crippen LogP contribution < -0.4 is 10.2 Å². The highest BCUT2D eigenvalue weighted by atomic mass is 79.9. The van der Waals surface area contributed by atoms with Crippen molar-refractivity contribution < 1.29 is 22.7 Å². The van der Waals surface area contributed by atoms with Gasteiger partial charge in [-0.15, -0.1) is 0 Å². The first-order chi connectivity index (χ1) is 14.7. The molecule has 3 aromatic rings. The minimum Gasteiger partial charge on any atom is -0.486 e. The zero-order chi connectivity index (χ0) is 22.4. The fourth-order valence-corrected chi connectivity index (χ4v) is 3.58. The minimum absolute atomic E-state index is 0.157. The lowest BCUT2D eigenvalue weighted by Crippen LogP contribution is -2.18. The molecule has 0 atom stereocenters. The molecule has 4 nitrogen and oxygen atoms in total. The molecule has 0 saturated carbocycles. The normalized spacial score (nSPS) is 11.5. The van der Waals surface area contributed by atoms with Crippen molar-refractivity contribution in [1.29, 1.82) is 0 Å². The van der Waals surface area contributed by atoms with E-state index < -0.39 is 17.6 Å². The predicted octanol–water partition coefficient (Wildman–Crippen LogP) is 6.46. The first-order valence-electron chi connectivity index (χ1n) is 8.90. The van der Waals surface area contributed by atoms with Gasteiger partial charge < -0.3 is 4.74 Å². The molecule has 0 radical (unpaired) electrons. The molecule has 0 saturated heterocycles. The molecule has 0 aliphatic heterocycles. The molecule has 160 valence electrons. The number of hydrogen-bond donors (Lipinski definition) is 1. The number of hydrogen-bond acceptors (Lipinski definition) is 3. The van der Waals surface area contributed by atoms with E-state index in [0.29, 0.717) is 27.4 Å². The molecular weight excluding hydrogens is 497 g/mol. The summed E-state index contributed by atoms with van der Waals surface area (Å²) in [6.07, 6.45) is -3.21. The third-order valence-electron chi connectivity index (χ3n) is 4.08. The van der Waals surface area contributed by atoms with E-state index in [0.717, 1.165) is 23.8 Å². The van der Waals surface area contributed by atoms with Gasteiger partial charge >= 0.3 is 6.18 Å². The first-order valence-corrected chi connectivity index (χ1v) is 10.1. The highest BCUT2D eigenvalue weighted by molar-refractivity contribution is 9.10. The van der Waals surface area contributed by atoms with Gasteiger partial charge in [-0.05, 0) is 57.4 Å². The third kappa shape index (κ3) is 6.32. The van der Waals surface area contributed by atoms with E-state index in [1.165, 1.54) is 12.3 Å². The van der Waals surface area contributed by atoms with Crippen molar-refractivity contribution in [2.45, 2.75) is 12.8 Å². The van der Waals surface area contributed by atoms with E-state index in [1.54, 1.807) is 12.1 Å².